The maximum Gasteiger partial charge on any atom is 0.265 e. The zero-order valence-electron chi connectivity index (χ0n) is 24.1. The molecule has 4 aromatic rings. The molecule has 1 unspecified atom stereocenters. The normalized spacial score (nSPS) is 14.1. The van der Waals surface area contributed by atoms with Crippen LogP contribution in [0.4, 0.5) is 11.4 Å². The lowest BCUT2D eigenvalue weighted by atomic mass is 10.1. The summed E-state index contributed by atoms with van der Waals surface area (Å²) in [4.78, 5) is 27.8. The van der Waals surface area contributed by atoms with Gasteiger partial charge in [0.15, 0.2) is 12.7 Å². The Bertz CT molecular complexity index is 1680. The van der Waals surface area contributed by atoms with Gasteiger partial charge in [0, 0.05) is 12.2 Å². The first-order valence-electron chi connectivity index (χ1n) is 14.2. The molecule has 4 aromatic carbocycles. The summed E-state index contributed by atoms with van der Waals surface area (Å²) in [5.41, 5.74) is 2.04. The minimum atomic E-state index is -3.85. The van der Waals surface area contributed by atoms with Crippen LogP contribution in [0.25, 0.3) is 0 Å². The number of anilines is 2. The van der Waals surface area contributed by atoms with Gasteiger partial charge in [0.05, 0.1) is 23.7 Å². The second-order valence-corrected chi connectivity index (χ2v) is 11.6. The molecule has 10 nitrogen and oxygen atoms in total. The van der Waals surface area contributed by atoms with Crippen molar-refractivity contribution in [1.29, 1.82) is 0 Å². The van der Waals surface area contributed by atoms with Crippen LogP contribution in [0.2, 0.25) is 0 Å². The van der Waals surface area contributed by atoms with E-state index in [1.807, 2.05) is 37.3 Å². The van der Waals surface area contributed by atoms with Crippen LogP contribution in [0.15, 0.2) is 108 Å². The Labute approximate surface area is 256 Å². The number of benzene rings is 4. The van der Waals surface area contributed by atoms with E-state index in [-0.39, 0.29) is 29.9 Å². The lowest BCUT2D eigenvalue weighted by molar-refractivity contribution is -0.128. The molecule has 0 radical (unpaired) electrons. The van der Waals surface area contributed by atoms with Crippen molar-refractivity contribution in [3.8, 4) is 17.2 Å². The van der Waals surface area contributed by atoms with Gasteiger partial charge in [-0.2, -0.15) is 0 Å². The molecule has 0 spiro atoms. The number of nitrogens with one attached hydrogen (secondary N) is 2. The molecule has 11 heteroatoms. The highest BCUT2D eigenvalue weighted by Gasteiger charge is 2.33. The highest BCUT2D eigenvalue weighted by molar-refractivity contribution is 7.92. The molecule has 44 heavy (non-hydrogen) atoms. The van der Waals surface area contributed by atoms with Gasteiger partial charge >= 0.3 is 0 Å². The molecule has 0 aromatic heterocycles. The summed E-state index contributed by atoms with van der Waals surface area (Å²) >= 11 is 0. The highest BCUT2D eigenvalue weighted by Crippen LogP contribution is 2.33. The number of para-hydroxylation sites is 2. The van der Waals surface area contributed by atoms with Crippen LogP contribution in [0, 0.1) is 0 Å². The van der Waals surface area contributed by atoms with Gasteiger partial charge in [0.25, 0.3) is 21.8 Å². The summed E-state index contributed by atoms with van der Waals surface area (Å²) < 4.78 is 45.2. The number of ether oxygens (including phenoxy) is 3. The van der Waals surface area contributed by atoms with Crippen LogP contribution in [-0.4, -0.2) is 52.6 Å². The third-order valence-electron chi connectivity index (χ3n) is 6.84. The Hall–Kier alpha value is -5.03. The maximum absolute atomic E-state index is 13.3. The van der Waals surface area contributed by atoms with Crippen LogP contribution in [0.3, 0.4) is 0 Å². The number of hydrogen-bond acceptors (Lipinski definition) is 7. The Morgan fingerprint density at radius 1 is 0.864 bits per heavy atom. The molecule has 0 saturated heterocycles. The van der Waals surface area contributed by atoms with Crippen molar-refractivity contribution in [1.82, 2.24) is 5.32 Å². The zero-order valence-corrected chi connectivity index (χ0v) is 25.0. The van der Waals surface area contributed by atoms with E-state index in [0.29, 0.717) is 48.2 Å². The molecule has 0 bridgehead atoms. The number of carbonyl (C=O) groups excluding carboxylic acids is 2. The van der Waals surface area contributed by atoms with Gasteiger partial charge in [-0.3, -0.25) is 14.3 Å². The number of fused-ring (bicyclic) bond motifs is 1. The van der Waals surface area contributed by atoms with Crippen molar-refractivity contribution in [2.75, 3.05) is 35.9 Å². The molecule has 0 saturated carbocycles. The molecule has 1 aliphatic heterocycles. The lowest BCUT2D eigenvalue weighted by Crippen LogP contribution is -2.52. The first kappa shape index (κ1) is 30.4. The number of sulfonamides is 1. The largest absolute Gasteiger partial charge is 0.494 e. The minimum Gasteiger partial charge on any atom is -0.494 e. The maximum atomic E-state index is 13.3. The fourth-order valence-corrected chi connectivity index (χ4v) is 5.69. The van der Waals surface area contributed by atoms with Crippen molar-refractivity contribution in [2.45, 2.75) is 24.3 Å². The second kappa shape index (κ2) is 14.0. The first-order chi connectivity index (χ1) is 21.3. The van der Waals surface area contributed by atoms with E-state index in [0.717, 1.165) is 5.56 Å². The van der Waals surface area contributed by atoms with Crippen LogP contribution < -0.4 is 29.1 Å². The van der Waals surface area contributed by atoms with Gasteiger partial charge in [0.1, 0.15) is 17.2 Å². The number of carbonyl (C=O) groups is 2. The molecule has 0 fully saturated rings. The van der Waals surface area contributed by atoms with Gasteiger partial charge in [-0.05, 0) is 79.6 Å². The van der Waals surface area contributed by atoms with Crippen LogP contribution in [0.1, 0.15) is 12.5 Å². The summed E-state index contributed by atoms with van der Waals surface area (Å²) in [5.74, 6) is 0.686. The Balaban J connectivity index is 1.18. The molecular formula is C33H33N3O7S. The zero-order chi connectivity index (χ0) is 30.9. The molecule has 5 rings (SSSR count). The van der Waals surface area contributed by atoms with Crippen molar-refractivity contribution in [3.05, 3.63) is 109 Å². The predicted molar refractivity (Wildman–Crippen MR) is 167 cm³/mol. The average molecular weight is 616 g/mol. The third kappa shape index (κ3) is 7.67. The highest BCUT2D eigenvalue weighted by atomic mass is 32.2. The van der Waals surface area contributed by atoms with Crippen molar-refractivity contribution in [2.24, 2.45) is 0 Å². The summed E-state index contributed by atoms with van der Waals surface area (Å²) in [7, 11) is -3.85. The van der Waals surface area contributed by atoms with E-state index in [1.165, 1.54) is 29.2 Å². The topological polar surface area (TPSA) is 123 Å². The summed E-state index contributed by atoms with van der Waals surface area (Å²) in [6.07, 6.45) is -0.221. The second-order valence-electron chi connectivity index (χ2n) is 9.93. The van der Waals surface area contributed by atoms with Crippen LogP contribution >= 0.6 is 0 Å². The Kier molecular flexibility index (Phi) is 9.65. The van der Waals surface area contributed by atoms with Gasteiger partial charge < -0.3 is 24.4 Å². The van der Waals surface area contributed by atoms with E-state index in [1.54, 1.807) is 48.5 Å². The van der Waals surface area contributed by atoms with Crippen LogP contribution in [0.5, 0.6) is 17.2 Å². The van der Waals surface area contributed by atoms with E-state index in [2.05, 4.69) is 10.0 Å². The molecular weight excluding hydrogens is 582 g/mol. The SMILES string of the molecule is CCOc1ccc(NS(=O)(=O)c2ccc(OCC(=O)N3CC(C(=O)NCCc4ccccc4)Oc4ccccc43)cc2)cc1. The van der Waals surface area contributed by atoms with E-state index >= 15 is 0 Å². The molecule has 1 heterocycles. The predicted octanol–water partition coefficient (Wildman–Crippen LogP) is 4.42. The van der Waals surface area contributed by atoms with Gasteiger partial charge in [-0.25, -0.2) is 8.42 Å². The van der Waals surface area contributed by atoms with Gasteiger partial charge in [-0.1, -0.05) is 42.5 Å². The smallest absolute Gasteiger partial charge is 0.265 e. The molecule has 228 valence electrons. The molecule has 1 aliphatic rings. The van der Waals surface area contributed by atoms with Crippen molar-refractivity contribution in [3.63, 3.8) is 0 Å². The van der Waals surface area contributed by atoms with Gasteiger partial charge in [-0.15, -0.1) is 0 Å². The first-order valence-corrected chi connectivity index (χ1v) is 15.7. The fraction of sp³-hybridized carbons (Fsp3) is 0.212. The van der Waals surface area contributed by atoms with E-state index in [4.69, 9.17) is 14.2 Å². The monoisotopic (exact) mass is 615 g/mol. The number of rotatable bonds is 12. The Morgan fingerprint density at radius 3 is 2.25 bits per heavy atom. The number of hydrogen-bond donors (Lipinski definition) is 2. The summed E-state index contributed by atoms with van der Waals surface area (Å²) in [5, 5.41) is 2.90. The molecule has 0 aliphatic carbocycles. The minimum absolute atomic E-state index is 0.0186. The van der Waals surface area contributed by atoms with E-state index < -0.39 is 16.1 Å². The Morgan fingerprint density at radius 2 is 1.52 bits per heavy atom. The third-order valence-corrected chi connectivity index (χ3v) is 8.23. The molecule has 2 amide bonds. The standard InChI is InChI=1S/C33H33N3O7S/c1-2-41-26-14-12-25(13-15-26)35-44(39,40)28-18-16-27(17-19-28)42-23-32(37)36-22-31(43-30-11-7-6-10-29(30)36)33(38)34-21-20-24-8-4-3-5-9-24/h3-19,31,35H,2,20-23H2,1H3,(H,34,38). The molecule has 1 atom stereocenters. The van der Waals surface area contributed by atoms with Crippen molar-refractivity contribution < 1.29 is 32.2 Å². The number of nitrogens with zero attached hydrogens (tertiary/aromatic N) is 1. The fourth-order valence-electron chi connectivity index (χ4n) is 4.63. The lowest BCUT2D eigenvalue weighted by Gasteiger charge is -2.34. The average Bonchev–Trinajstić information content (AvgIpc) is 3.04. The quantitative estimate of drug-likeness (QED) is 0.242. The molecule has 2 N–H and O–H groups in total. The summed E-state index contributed by atoms with van der Waals surface area (Å²) in [6.45, 7) is 2.51. The van der Waals surface area contributed by atoms with Gasteiger partial charge in [0.2, 0.25) is 0 Å². The van der Waals surface area contributed by atoms with E-state index in [9.17, 15) is 18.0 Å². The van der Waals surface area contributed by atoms with Crippen LogP contribution in [-0.2, 0) is 26.0 Å². The van der Waals surface area contributed by atoms with Crippen molar-refractivity contribution >= 4 is 33.2 Å². The summed E-state index contributed by atoms with van der Waals surface area (Å²) in [6, 6.07) is 29.2. The number of amides is 2.